The van der Waals surface area contributed by atoms with Crippen LogP contribution in [0.1, 0.15) is 0 Å². The second-order valence-corrected chi connectivity index (χ2v) is 11.7. The molecule has 3 nitrogen and oxygen atoms in total. The van der Waals surface area contributed by atoms with Gasteiger partial charge >= 0.3 is 0 Å². The molecule has 2 heterocycles. The van der Waals surface area contributed by atoms with Crippen LogP contribution in [-0.4, -0.2) is 14.3 Å². The lowest BCUT2D eigenvalue weighted by Gasteiger charge is -2.12. The van der Waals surface area contributed by atoms with Crippen molar-refractivity contribution in [1.29, 1.82) is 0 Å². The Labute approximate surface area is 267 Å². The van der Waals surface area contributed by atoms with Crippen LogP contribution < -0.4 is 0 Å². The Balaban J connectivity index is 1.13. The van der Waals surface area contributed by atoms with Crippen LogP contribution in [0.5, 0.6) is 0 Å². The predicted octanol–water partition coefficient (Wildman–Crippen LogP) is 11.1. The zero-order valence-corrected chi connectivity index (χ0v) is 25.1. The third-order valence-corrected chi connectivity index (χ3v) is 8.97. The van der Waals surface area contributed by atoms with Crippen molar-refractivity contribution in [2.24, 2.45) is 0 Å². The molecule has 9 rings (SSSR count). The standard InChI is InChI=1S/C43H29N3/c1-2-11-32(12-3-1)40-29-43(33-21-18-31(19-22-33)35-23-20-30-10-4-5-13-34(30)28-35)46(44-40)37-26-24-36(25-27-37)45-41-16-8-6-14-38(41)39-15-7-9-17-42(39)45/h1-29H. The average Bonchev–Trinajstić information content (AvgIpc) is 3.73. The van der Waals surface area contributed by atoms with Gasteiger partial charge < -0.3 is 4.57 Å². The van der Waals surface area contributed by atoms with E-state index in [1.807, 2.05) is 6.07 Å². The molecule has 0 bridgehead atoms. The molecule has 9 aromatic rings. The van der Waals surface area contributed by atoms with Crippen molar-refractivity contribution >= 4 is 32.6 Å². The van der Waals surface area contributed by atoms with E-state index in [1.54, 1.807) is 0 Å². The van der Waals surface area contributed by atoms with Gasteiger partial charge in [-0.25, -0.2) is 4.68 Å². The van der Waals surface area contributed by atoms with E-state index in [0.29, 0.717) is 0 Å². The molecule has 3 heteroatoms. The number of nitrogens with zero attached hydrogens (tertiary/aromatic N) is 3. The molecular formula is C43H29N3. The number of fused-ring (bicyclic) bond motifs is 4. The molecule has 0 aliphatic carbocycles. The molecule has 0 radical (unpaired) electrons. The molecule has 0 fully saturated rings. The van der Waals surface area contributed by atoms with Crippen molar-refractivity contribution in [3.8, 4) is 45.0 Å². The van der Waals surface area contributed by atoms with Crippen LogP contribution in [0.2, 0.25) is 0 Å². The summed E-state index contributed by atoms with van der Waals surface area (Å²) in [6.45, 7) is 0. The number of para-hydroxylation sites is 2. The zero-order valence-electron chi connectivity index (χ0n) is 25.1. The topological polar surface area (TPSA) is 22.8 Å². The molecule has 0 saturated heterocycles. The monoisotopic (exact) mass is 587 g/mol. The van der Waals surface area contributed by atoms with Gasteiger partial charge in [0, 0.05) is 27.6 Å². The van der Waals surface area contributed by atoms with Crippen molar-refractivity contribution in [1.82, 2.24) is 14.3 Å². The Morgan fingerprint density at radius 3 is 1.65 bits per heavy atom. The second-order valence-electron chi connectivity index (χ2n) is 11.7. The van der Waals surface area contributed by atoms with Crippen molar-refractivity contribution < 1.29 is 0 Å². The summed E-state index contributed by atoms with van der Waals surface area (Å²) in [6.07, 6.45) is 0. The van der Waals surface area contributed by atoms with Gasteiger partial charge in [-0.3, -0.25) is 0 Å². The van der Waals surface area contributed by atoms with E-state index in [1.165, 1.54) is 43.7 Å². The molecule has 0 saturated carbocycles. The lowest BCUT2D eigenvalue weighted by atomic mass is 9.99. The molecule has 7 aromatic carbocycles. The van der Waals surface area contributed by atoms with E-state index in [9.17, 15) is 0 Å². The third-order valence-electron chi connectivity index (χ3n) is 8.97. The highest BCUT2D eigenvalue weighted by Gasteiger charge is 2.15. The maximum atomic E-state index is 5.14. The number of hydrogen-bond acceptors (Lipinski definition) is 1. The van der Waals surface area contributed by atoms with Crippen LogP contribution in [0.25, 0.3) is 77.6 Å². The fourth-order valence-corrected chi connectivity index (χ4v) is 6.68. The van der Waals surface area contributed by atoms with E-state index in [-0.39, 0.29) is 0 Å². The third kappa shape index (κ3) is 4.41. The van der Waals surface area contributed by atoms with Crippen LogP contribution in [0.3, 0.4) is 0 Å². The van der Waals surface area contributed by atoms with Gasteiger partial charge in [0.1, 0.15) is 0 Å². The summed E-state index contributed by atoms with van der Waals surface area (Å²) in [5.74, 6) is 0. The summed E-state index contributed by atoms with van der Waals surface area (Å²) in [6, 6.07) is 62.6. The molecule has 0 aliphatic heterocycles. The van der Waals surface area contributed by atoms with E-state index in [0.717, 1.165) is 33.9 Å². The summed E-state index contributed by atoms with van der Waals surface area (Å²) in [7, 11) is 0. The Bertz CT molecular complexity index is 2450. The van der Waals surface area contributed by atoms with Crippen LogP contribution in [-0.2, 0) is 0 Å². The normalized spacial score (nSPS) is 11.5. The molecule has 0 spiro atoms. The molecule has 0 aliphatic rings. The summed E-state index contributed by atoms with van der Waals surface area (Å²) in [5, 5.41) is 10.2. The lowest BCUT2D eigenvalue weighted by Crippen LogP contribution is -2.00. The molecule has 0 amide bonds. The summed E-state index contributed by atoms with van der Waals surface area (Å²) in [5.41, 5.74) is 11.2. The summed E-state index contributed by atoms with van der Waals surface area (Å²) in [4.78, 5) is 0. The smallest absolute Gasteiger partial charge is 0.0934 e. The minimum absolute atomic E-state index is 0.945. The molecule has 0 unspecified atom stereocenters. The maximum absolute atomic E-state index is 5.14. The van der Waals surface area contributed by atoms with E-state index in [2.05, 4.69) is 179 Å². The second kappa shape index (κ2) is 10.8. The van der Waals surface area contributed by atoms with E-state index in [4.69, 9.17) is 5.10 Å². The van der Waals surface area contributed by atoms with Gasteiger partial charge in [-0.2, -0.15) is 5.10 Å². The number of rotatable bonds is 5. The Kier molecular flexibility index (Phi) is 6.14. The highest BCUT2D eigenvalue weighted by Crippen LogP contribution is 2.34. The van der Waals surface area contributed by atoms with Crippen LogP contribution in [0.15, 0.2) is 176 Å². The molecule has 0 atom stereocenters. The molecule has 0 N–H and O–H groups in total. The first-order valence-corrected chi connectivity index (χ1v) is 15.6. The molecule has 216 valence electrons. The van der Waals surface area contributed by atoms with Gasteiger partial charge in [0.25, 0.3) is 0 Å². The lowest BCUT2D eigenvalue weighted by molar-refractivity contribution is 0.891. The molecule has 46 heavy (non-hydrogen) atoms. The van der Waals surface area contributed by atoms with E-state index >= 15 is 0 Å². The molecule has 2 aromatic heterocycles. The first kappa shape index (κ1) is 26.2. The summed E-state index contributed by atoms with van der Waals surface area (Å²) >= 11 is 0. The fourth-order valence-electron chi connectivity index (χ4n) is 6.68. The zero-order chi connectivity index (χ0) is 30.5. The van der Waals surface area contributed by atoms with E-state index < -0.39 is 0 Å². The van der Waals surface area contributed by atoms with Crippen LogP contribution >= 0.6 is 0 Å². The van der Waals surface area contributed by atoms with Crippen LogP contribution in [0, 0.1) is 0 Å². The van der Waals surface area contributed by atoms with Crippen molar-refractivity contribution in [2.75, 3.05) is 0 Å². The number of hydrogen-bond donors (Lipinski definition) is 0. The minimum atomic E-state index is 0.945. The quantitative estimate of drug-likeness (QED) is 0.196. The number of aromatic nitrogens is 3. The first-order chi connectivity index (χ1) is 22.8. The van der Waals surface area contributed by atoms with Crippen molar-refractivity contribution in [2.45, 2.75) is 0 Å². The van der Waals surface area contributed by atoms with Crippen molar-refractivity contribution in [3.63, 3.8) is 0 Å². The van der Waals surface area contributed by atoms with Gasteiger partial charge in [0.05, 0.1) is 28.1 Å². The Morgan fingerprint density at radius 1 is 0.370 bits per heavy atom. The summed E-state index contributed by atoms with van der Waals surface area (Å²) < 4.78 is 4.42. The van der Waals surface area contributed by atoms with Gasteiger partial charge in [-0.05, 0) is 70.4 Å². The largest absolute Gasteiger partial charge is 0.309 e. The first-order valence-electron chi connectivity index (χ1n) is 15.6. The molecular weight excluding hydrogens is 558 g/mol. The fraction of sp³-hybridized carbons (Fsp3) is 0. The minimum Gasteiger partial charge on any atom is -0.309 e. The highest BCUT2D eigenvalue weighted by molar-refractivity contribution is 6.09. The highest BCUT2D eigenvalue weighted by atomic mass is 15.3. The van der Waals surface area contributed by atoms with Crippen molar-refractivity contribution in [3.05, 3.63) is 176 Å². The Hall–Kier alpha value is -6.19. The van der Waals surface area contributed by atoms with Gasteiger partial charge in [-0.15, -0.1) is 0 Å². The number of benzene rings is 7. The van der Waals surface area contributed by atoms with Gasteiger partial charge in [0.15, 0.2) is 0 Å². The predicted molar refractivity (Wildman–Crippen MR) is 192 cm³/mol. The SMILES string of the molecule is c1ccc(-c2cc(-c3ccc(-c4ccc5ccccc5c4)cc3)n(-c3ccc(-n4c5ccccc5c5ccccc54)cc3)n2)cc1. The van der Waals surface area contributed by atoms with Crippen LogP contribution in [0.4, 0.5) is 0 Å². The average molecular weight is 588 g/mol. The Morgan fingerprint density at radius 2 is 0.935 bits per heavy atom. The van der Waals surface area contributed by atoms with Gasteiger partial charge in [-0.1, -0.05) is 127 Å². The maximum Gasteiger partial charge on any atom is 0.0934 e. The van der Waals surface area contributed by atoms with Gasteiger partial charge in [0.2, 0.25) is 0 Å².